The van der Waals surface area contributed by atoms with Gasteiger partial charge in [-0.05, 0) is 26.0 Å². The number of nitrogens with zero attached hydrogens (tertiary/aromatic N) is 2. The summed E-state index contributed by atoms with van der Waals surface area (Å²) in [6, 6.07) is 15.9. The first kappa shape index (κ1) is 18.4. The van der Waals surface area contributed by atoms with Gasteiger partial charge in [-0.2, -0.15) is 0 Å². The molecule has 1 atom stereocenters. The van der Waals surface area contributed by atoms with Crippen molar-refractivity contribution in [2.75, 3.05) is 16.8 Å². The van der Waals surface area contributed by atoms with Crippen LogP contribution in [-0.2, 0) is 9.59 Å². The average Bonchev–Trinajstić information content (AvgIpc) is 3.30. The number of anilines is 2. The third kappa shape index (κ3) is 3.82. The Kier molecular flexibility index (Phi) is 4.96. The first-order valence-electron chi connectivity index (χ1n) is 9.20. The molecule has 0 aliphatic carbocycles. The van der Waals surface area contributed by atoms with Crippen LogP contribution in [0.1, 0.15) is 17.5 Å². The highest BCUT2D eigenvalue weighted by atomic mass is 32.1. The van der Waals surface area contributed by atoms with E-state index in [2.05, 4.69) is 10.3 Å². The van der Waals surface area contributed by atoms with Gasteiger partial charge in [0.2, 0.25) is 11.8 Å². The Bertz CT molecular complexity index is 1010. The number of amides is 2. The number of thiazole rings is 1. The van der Waals surface area contributed by atoms with Crippen molar-refractivity contribution in [3.63, 3.8) is 0 Å². The van der Waals surface area contributed by atoms with E-state index in [0.29, 0.717) is 11.7 Å². The molecule has 1 aromatic heterocycles. The lowest BCUT2D eigenvalue weighted by molar-refractivity contribution is -0.122. The first-order chi connectivity index (χ1) is 13.5. The van der Waals surface area contributed by atoms with E-state index in [9.17, 15) is 9.59 Å². The predicted molar refractivity (Wildman–Crippen MR) is 113 cm³/mol. The van der Waals surface area contributed by atoms with Crippen molar-refractivity contribution in [3.8, 4) is 11.3 Å². The summed E-state index contributed by atoms with van der Waals surface area (Å²) in [5.41, 5.74) is 5.02. The minimum Gasteiger partial charge on any atom is -0.312 e. The highest BCUT2D eigenvalue weighted by Gasteiger charge is 2.35. The van der Waals surface area contributed by atoms with Crippen LogP contribution in [0.15, 0.2) is 53.9 Å². The number of carbonyl (C=O) groups is 2. The quantitative estimate of drug-likeness (QED) is 0.716. The largest absolute Gasteiger partial charge is 0.312 e. The fraction of sp³-hybridized carbons (Fsp3) is 0.227. The van der Waals surface area contributed by atoms with Gasteiger partial charge >= 0.3 is 0 Å². The molecule has 6 heteroatoms. The molecule has 1 aliphatic rings. The van der Waals surface area contributed by atoms with Gasteiger partial charge in [-0.15, -0.1) is 11.3 Å². The minimum atomic E-state index is -0.375. The van der Waals surface area contributed by atoms with E-state index in [-0.39, 0.29) is 24.2 Å². The van der Waals surface area contributed by atoms with Gasteiger partial charge in [0.1, 0.15) is 0 Å². The fourth-order valence-electron chi connectivity index (χ4n) is 3.25. The van der Waals surface area contributed by atoms with Crippen molar-refractivity contribution < 1.29 is 9.59 Å². The van der Waals surface area contributed by atoms with Crippen molar-refractivity contribution in [1.82, 2.24) is 4.98 Å². The molecule has 0 radical (unpaired) electrons. The van der Waals surface area contributed by atoms with Gasteiger partial charge in [0, 0.05) is 29.6 Å². The second kappa shape index (κ2) is 7.56. The van der Waals surface area contributed by atoms with Gasteiger partial charge in [0.05, 0.1) is 11.6 Å². The van der Waals surface area contributed by atoms with Crippen LogP contribution >= 0.6 is 11.3 Å². The summed E-state index contributed by atoms with van der Waals surface area (Å²) >= 11 is 1.39. The molecule has 4 rings (SSSR count). The van der Waals surface area contributed by atoms with Gasteiger partial charge in [-0.1, -0.05) is 47.5 Å². The van der Waals surface area contributed by atoms with Crippen molar-refractivity contribution in [1.29, 1.82) is 0 Å². The Balaban J connectivity index is 1.42. The van der Waals surface area contributed by atoms with Crippen LogP contribution in [0.5, 0.6) is 0 Å². The van der Waals surface area contributed by atoms with E-state index in [4.69, 9.17) is 0 Å². The molecular weight excluding hydrogens is 370 g/mol. The summed E-state index contributed by atoms with van der Waals surface area (Å²) in [7, 11) is 0. The van der Waals surface area contributed by atoms with E-state index >= 15 is 0 Å². The molecule has 28 heavy (non-hydrogen) atoms. The molecule has 3 aromatic rings. The third-order valence-electron chi connectivity index (χ3n) is 4.92. The Labute approximate surface area is 168 Å². The third-order valence-corrected chi connectivity index (χ3v) is 5.68. The molecule has 1 N–H and O–H groups in total. The molecule has 1 unspecified atom stereocenters. The highest BCUT2D eigenvalue weighted by molar-refractivity contribution is 7.14. The molecule has 2 amide bonds. The van der Waals surface area contributed by atoms with Crippen molar-refractivity contribution >= 4 is 34.0 Å². The Morgan fingerprint density at radius 2 is 1.71 bits per heavy atom. The normalized spacial score (nSPS) is 16.4. The second-order valence-electron chi connectivity index (χ2n) is 7.13. The van der Waals surface area contributed by atoms with Crippen LogP contribution in [0.25, 0.3) is 11.3 Å². The minimum absolute atomic E-state index is 0.0245. The summed E-state index contributed by atoms with van der Waals surface area (Å²) < 4.78 is 0. The monoisotopic (exact) mass is 391 g/mol. The maximum atomic E-state index is 12.7. The number of rotatable bonds is 4. The van der Waals surface area contributed by atoms with Crippen LogP contribution in [0.4, 0.5) is 10.8 Å². The number of hydrogen-bond donors (Lipinski definition) is 1. The molecule has 2 heterocycles. The van der Waals surface area contributed by atoms with Crippen LogP contribution in [0, 0.1) is 19.8 Å². The number of hydrogen-bond acceptors (Lipinski definition) is 4. The number of carbonyl (C=O) groups excluding carboxylic acids is 2. The molecule has 5 nitrogen and oxygen atoms in total. The predicted octanol–water partition coefficient (Wildman–Crippen LogP) is 4.42. The Morgan fingerprint density at radius 3 is 2.39 bits per heavy atom. The van der Waals surface area contributed by atoms with E-state index in [1.165, 1.54) is 16.9 Å². The van der Waals surface area contributed by atoms with Gasteiger partial charge in [-0.25, -0.2) is 4.98 Å². The number of aromatic nitrogens is 1. The lowest BCUT2D eigenvalue weighted by Gasteiger charge is -2.16. The van der Waals surface area contributed by atoms with Crippen molar-refractivity contribution in [3.05, 3.63) is 65.0 Å². The highest BCUT2D eigenvalue weighted by Crippen LogP contribution is 2.28. The zero-order chi connectivity index (χ0) is 19.7. The van der Waals surface area contributed by atoms with Crippen LogP contribution < -0.4 is 10.2 Å². The van der Waals surface area contributed by atoms with E-state index < -0.39 is 0 Å². The van der Waals surface area contributed by atoms with E-state index in [1.54, 1.807) is 4.90 Å². The van der Waals surface area contributed by atoms with E-state index in [1.807, 2.05) is 67.8 Å². The van der Waals surface area contributed by atoms with Gasteiger partial charge in [0.15, 0.2) is 5.13 Å². The summed E-state index contributed by atoms with van der Waals surface area (Å²) in [5, 5.41) is 5.36. The molecule has 142 valence electrons. The first-order valence-corrected chi connectivity index (χ1v) is 10.1. The maximum Gasteiger partial charge on any atom is 0.231 e. The van der Waals surface area contributed by atoms with Gasteiger partial charge in [0.25, 0.3) is 0 Å². The van der Waals surface area contributed by atoms with Crippen LogP contribution in [-0.4, -0.2) is 23.3 Å². The summed E-state index contributed by atoms with van der Waals surface area (Å²) in [6.45, 7) is 4.44. The molecular formula is C22H21N3O2S. The SMILES string of the molecule is Cc1ccc(-c2csc(NC(=O)C3CC(=O)N(c4ccc(C)cc4)C3)n2)cc1. The zero-order valence-electron chi connectivity index (χ0n) is 15.8. The maximum absolute atomic E-state index is 12.7. The number of benzene rings is 2. The number of nitrogens with one attached hydrogen (secondary N) is 1. The number of aryl methyl sites for hydroxylation is 2. The standard InChI is InChI=1S/C22H21N3O2S/c1-14-3-7-16(8-4-14)19-13-28-22(23-19)24-21(27)17-11-20(26)25(12-17)18-9-5-15(2)6-10-18/h3-10,13,17H,11-12H2,1-2H3,(H,23,24,27). The Morgan fingerprint density at radius 1 is 1.07 bits per heavy atom. The van der Waals surface area contributed by atoms with Crippen LogP contribution in [0.3, 0.4) is 0 Å². The topological polar surface area (TPSA) is 62.3 Å². The van der Waals surface area contributed by atoms with Crippen molar-refractivity contribution in [2.24, 2.45) is 5.92 Å². The average molecular weight is 391 g/mol. The summed E-state index contributed by atoms with van der Waals surface area (Å²) in [5.74, 6) is -0.559. The molecule has 2 aromatic carbocycles. The zero-order valence-corrected chi connectivity index (χ0v) is 16.6. The molecule has 1 saturated heterocycles. The van der Waals surface area contributed by atoms with Crippen LogP contribution in [0.2, 0.25) is 0 Å². The summed E-state index contributed by atoms with van der Waals surface area (Å²) in [6.07, 6.45) is 0.218. The smallest absolute Gasteiger partial charge is 0.231 e. The molecule has 1 aliphatic heterocycles. The summed E-state index contributed by atoms with van der Waals surface area (Å²) in [4.78, 5) is 31.2. The fourth-order valence-corrected chi connectivity index (χ4v) is 3.98. The molecule has 0 saturated carbocycles. The lowest BCUT2D eigenvalue weighted by atomic mass is 10.1. The van der Waals surface area contributed by atoms with Crippen molar-refractivity contribution in [2.45, 2.75) is 20.3 Å². The molecule has 0 bridgehead atoms. The Hall–Kier alpha value is -2.99. The second-order valence-corrected chi connectivity index (χ2v) is 7.99. The van der Waals surface area contributed by atoms with Gasteiger partial charge in [-0.3, -0.25) is 9.59 Å². The van der Waals surface area contributed by atoms with Gasteiger partial charge < -0.3 is 10.2 Å². The van der Waals surface area contributed by atoms with E-state index in [0.717, 1.165) is 22.5 Å². The molecule has 1 fully saturated rings. The lowest BCUT2D eigenvalue weighted by Crippen LogP contribution is -2.28. The molecule has 0 spiro atoms.